The summed E-state index contributed by atoms with van der Waals surface area (Å²) in [7, 11) is 0. The van der Waals surface area contributed by atoms with Gasteiger partial charge < -0.3 is 19.5 Å². The van der Waals surface area contributed by atoms with E-state index in [1.807, 2.05) is 12.3 Å². The fourth-order valence-corrected chi connectivity index (χ4v) is 4.47. The molecular formula is C27H31F3N2O4S. The number of aliphatic carboxylic acids is 1. The first-order valence-electron chi connectivity index (χ1n) is 12.1. The third kappa shape index (κ3) is 8.11. The van der Waals surface area contributed by atoms with Crippen molar-refractivity contribution >= 4 is 22.4 Å². The molecule has 1 heterocycles. The number of unbranched alkanes of at least 4 members (excludes halogenated alkanes) is 2. The molecule has 1 aromatic heterocycles. The highest BCUT2D eigenvalue weighted by Gasteiger charge is 2.30. The maximum absolute atomic E-state index is 12.9. The summed E-state index contributed by atoms with van der Waals surface area (Å²) in [6.45, 7) is 7.19. The summed E-state index contributed by atoms with van der Waals surface area (Å²) in [5, 5.41) is 11.7. The van der Waals surface area contributed by atoms with Gasteiger partial charge in [-0.1, -0.05) is 31.9 Å². The lowest BCUT2D eigenvalue weighted by atomic mass is 10.1. The molecule has 0 saturated heterocycles. The van der Waals surface area contributed by atoms with Gasteiger partial charge in [0.1, 0.15) is 18.1 Å². The second-order valence-electron chi connectivity index (χ2n) is 8.66. The van der Waals surface area contributed by atoms with Crippen LogP contribution in [0.2, 0.25) is 0 Å². The van der Waals surface area contributed by atoms with E-state index < -0.39 is 23.8 Å². The lowest BCUT2D eigenvalue weighted by Gasteiger charge is -2.22. The van der Waals surface area contributed by atoms with Crippen molar-refractivity contribution in [3.05, 3.63) is 59.0 Å². The van der Waals surface area contributed by atoms with Crippen LogP contribution in [0.15, 0.2) is 47.8 Å². The smallest absolute Gasteiger partial charge is 0.416 e. The number of anilines is 1. The first-order chi connectivity index (χ1) is 17.6. The predicted octanol–water partition coefficient (Wildman–Crippen LogP) is 7.06. The molecule has 1 atom stereocenters. The maximum Gasteiger partial charge on any atom is 0.416 e. The standard InChI is InChI=1S/C27H31F3N2O4S/c1-4-5-6-13-32(14-15-35-22-11-12-24(18(2)16-22)36-19(3)25(33)34)26-31-23(17-37-26)20-7-9-21(10-8-20)27(28,29)30/h7-12,16-17,19H,4-6,13-15H2,1-3H3,(H,33,34). The Morgan fingerprint density at radius 1 is 1.14 bits per heavy atom. The molecule has 2 aromatic carbocycles. The Kier molecular flexibility index (Phi) is 9.79. The van der Waals surface area contributed by atoms with Gasteiger partial charge in [-0.15, -0.1) is 11.3 Å². The van der Waals surface area contributed by atoms with E-state index in [2.05, 4.69) is 16.8 Å². The molecule has 3 aromatic rings. The minimum atomic E-state index is -4.37. The Morgan fingerprint density at radius 3 is 2.49 bits per heavy atom. The van der Waals surface area contributed by atoms with Gasteiger partial charge in [0.2, 0.25) is 0 Å². The van der Waals surface area contributed by atoms with Gasteiger partial charge in [-0.2, -0.15) is 13.2 Å². The van der Waals surface area contributed by atoms with Gasteiger partial charge in [-0.05, 0) is 56.2 Å². The summed E-state index contributed by atoms with van der Waals surface area (Å²) in [6.07, 6.45) is -2.19. The van der Waals surface area contributed by atoms with Gasteiger partial charge >= 0.3 is 12.1 Å². The quantitative estimate of drug-likeness (QED) is 0.236. The topological polar surface area (TPSA) is 71.9 Å². The molecule has 0 radical (unpaired) electrons. The summed E-state index contributed by atoms with van der Waals surface area (Å²) in [5.74, 6) is 0.0968. The zero-order valence-electron chi connectivity index (χ0n) is 21.0. The minimum Gasteiger partial charge on any atom is -0.492 e. The third-order valence-electron chi connectivity index (χ3n) is 5.73. The maximum atomic E-state index is 12.9. The number of hydrogen-bond donors (Lipinski definition) is 1. The third-order valence-corrected chi connectivity index (χ3v) is 6.63. The number of alkyl halides is 3. The van der Waals surface area contributed by atoms with E-state index in [1.54, 1.807) is 18.2 Å². The summed E-state index contributed by atoms with van der Waals surface area (Å²) in [4.78, 5) is 17.8. The minimum absolute atomic E-state index is 0.395. The summed E-state index contributed by atoms with van der Waals surface area (Å²) in [5.41, 5.74) is 1.36. The van der Waals surface area contributed by atoms with Crippen molar-refractivity contribution < 1.29 is 32.5 Å². The number of carboxylic acids is 1. The molecule has 0 aliphatic rings. The molecule has 0 bridgehead atoms. The normalized spacial score (nSPS) is 12.3. The molecule has 0 aliphatic heterocycles. The molecule has 10 heteroatoms. The number of hydrogen-bond acceptors (Lipinski definition) is 6. The second-order valence-corrected chi connectivity index (χ2v) is 9.50. The van der Waals surface area contributed by atoms with Crippen LogP contribution in [0.3, 0.4) is 0 Å². The number of aryl methyl sites for hydroxylation is 1. The van der Waals surface area contributed by atoms with Gasteiger partial charge in [-0.3, -0.25) is 0 Å². The zero-order chi connectivity index (χ0) is 27.0. The highest BCUT2D eigenvalue weighted by atomic mass is 32.1. The molecule has 3 rings (SSSR count). The number of aromatic nitrogens is 1. The van der Waals surface area contributed by atoms with Crippen LogP contribution in [0.5, 0.6) is 11.5 Å². The van der Waals surface area contributed by atoms with Crippen LogP contribution in [-0.4, -0.2) is 41.9 Å². The molecule has 0 amide bonds. The number of carboxylic acid groups (broad SMARTS) is 1. The highest BCUT2D eigenvalue weighted by Crippen LogP contribution is 2.33. The summed E-state index contributed by atoms with van der Waals surface area (Å²) >= 11 is 1.45. The molecular weight excluding hydrogens is 505 g/mol. The van der Waals surface area contributed by atoms with Crippen molar-refractivity contribution in [3.63, 3.8) is 0 Å². The van der Waals surface area contributed by atoms with E-state index in [0.717, 1.165) is 48.6 Å². The summed E-state index contributed by atoms with van der Waals surface area (Å²) < 4.78 is 50.0. The van der Waals surface area contributed by atoms with Crippen LogP contribution < -0.4 is 14.4 Å². The molecule has 0 aliphatic carbocycles. The Bertz CT molecular complexity index is 1170. The number of benzene rings is 2. The molecule has 0 saturated carbocycles. The first-order valence-corrected chi connectivity index (χ1v) is 13.0. The Balaban J connectivity index is 1.65. The van der Waals surface area contributed by atoms with Crippen LogP contribution in [0.4, 0.5) is 18.3 Å². The predicted molar refractivity (Wildman–Crippen MR) is 139 cm³/mol. The van der Waals surface area contributed by atoms with E-state index in [-0.39, 0.29) is 0 Å². The fraction of sp³-hybridized carbons (Fsp3) is 0.407. The van der Waals surface area contributed by atoms with Crippen LogP contribution >= 0.6 is 11.3 Å². The van der Waals surface area contributed by atoms with E-state index in [4.69, 9.17) is 14.6 Å². The van der Waals surface area contributed by atoms with Crippen molar-refractivity contribution in [2.45, 2.75) is 52.3 Å². The Hall–Kier alpha value is -3.27. The monoisotopic (exact) mass is 536 g/mol. The van der Waals surface area contributed by atoms with Crippen LogP contribution in [0.25, 0.3) is 11.3 Å². The highest BCUT2D eigenvalue weighted by molar-refractivity contribution is 7.14. The van der Waals surface area contributed by atoms with Crippen LogP contribution in [0, 0.1) is 6.92 Å². The van der Waals surface area contributed by atoms with Gasteiger partial charge in [0.15, 0.2) is 11.2 Å². The number of rotatable bonds is 13. The average molecular weight is 537 g/mol. The zero-order valence-corrected chi connectivity index (χ0v) is 21.9. The largest absolute Gasteiger partial charge is 0.492 e. The Labute approximate surface area is 218 Å². The van der Waals surface area contributed by atoms with Crippen LogP contribution in [0.1, 0.15) is 44.2 Å². The number of nitrogens with zero attached hydrogens (tertiary/aromatic N) is 2. The van der Waals surface area contributed by atoms with Crippen molar-refractivity contribution in [1.82, 2.24) is 4.98 Å². The van der Waals surface area contributed by atoms with Crippen LogP contribution in [-0.2, 0) is 11.0 Å². The SMILES string of the molecule is CCCCCN(CCOc1ccc(OC(C)C(=O)O)c(C)c1)c1nc(-c2ccc(C(F)(F)F)cc2)cs1. The Morgan fingerprint density at radius 2 is 1.86 bits per heavy atom. The van der Waals surface area contributed by atoms with Crippen molar-refractivity contribution in [2.75, 3.05) is 24.6 Å². The number of ether oxygens (including phenoxy) is 2. The number of carbonyl (C=O) groups is 1. The molecule has 1 unspecified atom stereocenters. The van der Waals surface area contributed by atoms with Crippen molar-refractivity contribution in [3.8, 4) is 22.8 Å². The van der Waals surface area contributed by atoms with Crippen molar-refractivity contribution in [2.24, 2.45) is 0 Å². The molecule has 200 valence electrons. The molecule has 1 N–H and O–H groups in total. The van der Waals surface area contributed by atoms with E-state index in [0.29, 0.717) is 35.9 Å². The fourth-order valence-electron chi connectivity index (χ4n) is 3.59. The van der Waals surface area contributed by atoms with E-state index in [9.17, 15) is 18.0 Å². The molecule has 6 nitrogen and oxygen atoms in total. The summed E-state index contributed by atoms with van der Waals surface area (Å²) in [6, 6.07) is 10.3. The first kappa shape index (κ1) is 28.3. The lowest BCUT2D eigenvalue weighted by molar-refractivity contribution is -0.144. The van der Waals surface area contributed by atoms with E-state index >= 15 is 0 Å². The van der Waals surface area contributed by atoms with Crippen molar-refractivity contribution in [1.29, 1.82) is 0 Å². The van der Waals surface area contributed by atoms with E-state index in [1.165, 1.54) is 30.4 Å². The average Bonchev–Trinajstić information content (AvgIpc) is 3.34. The van der Waals surface area contributed by atoms with Gasteiger partial charge in [0.05, 0.1) is 17.8 Å². The number of thiazole rings is 1. The number of halogens is 3. The second kappa shape index (κ2) is 12.8. The van der Waals surface area contributed by atoms with Gasteiger partial charge in [0.25, 0.3) is 0 Å². The van der Waals surface area contributed by atoms with Gasteiger partial charge in [-0.25, -0.2) is 9.78 Å². The van der Waals surface area contributed by atoms with Gasteiger partial charge in [0, 0.05) is 17.5 Å². The lowest BCUT2D eigenvalue weighted by Crippen LogP contribution is -2.29. The molecule has 37 heavy (non-hydrogen) atoms. The molecule has 0 fully saturated rings. The molecule has 0 spiro atoms.